The Hall–Kier alpha value is -1.35. The summed E-state index contributed by atoms with van der Waals surface area (Å²) < 4.78 is 6.97. The summed E-state index contributed by atoms with van der Waals surface area (Å²) in [6, 6.07) is 1.48. The maximum absolute atomic E-state index is 11.9. The molecule has 0 bridgehead atoms. The second-order valence-corrected chi connectivity index (χ2v) is 6.41. The Kier molecular flexibility index (Phi) is 4.03. The molecule has 2 atom stereocenters. The Balaban J connectivity index is 1.81. The van der Waals surface area contributed by atoms with Crippen LogP contribution in [0.15, 0.2) is 10.9 Å². The summed E-state index contributed by atoms with van der Waals surface area (Å²) in [6.45, 7) is 5.89. The topological polar surface area (TPSA) is 80.0 Å². The molecule has 1 saturated heterocycles. The predicted molar refractivity (Wildman–Crippen MR) is 78.6 cm³/mol. The van der Waals surface area contributed by atoms with E-state index in [9.17, 15) is 9.90 Å². The Labute approximate surface area is 125 Å². The second kappa shape index (κ2) is 5.80. The Morgan fingerprint density at radius 2 is 2.33 bits per heavy atom. The summed E-state index contributed by atoms with van der Waals surface area (Å²) in [5.41, 5.74) is 0.555. The Morgan fingerprint density at radius 1 is 1.52 bits per heavy atom. The van der Waals surface area contributed by atoms with Crippen LogP contribution in [0.5, 0.6) is 0 Å². The SMILES string of the molecule is Cc1cc(=O)n2nc(CN3CC(C)OC(CO)C3)sc2n1. The van der Waals surface area contributed by atoms with E-state index in [0.29, 0.717) is 23.7 Å². The summed E-state index contributed by atoms with van der Waals surface area (Å²) in [6.07, 6.45) is -0.0837. The fourth-order valence-electron chi connectivity index (χ4n) is 2.59. The van der Waals surface area contributed by atoms with Crippen LogP contribution in [0.25, 0.3) is 4.96 Å². The lowest BCUT2D eigenvalue weighted by atomic mass is 10.2. The summed E-state index contributed by atoms with van der Waals surface area (Å²) in [5, 5.41) is 14.4. The number of nitrogens with zero attached hydrogens (tertiary/aromatic N) is 4. The quantitative estimate of drug-likeness (QED) is 0.862. The van der Waals surface area contributed by atoms with Gasteiger partial charge in [-0.05, 0) is 13.8 Å². The van der Waals surface area contributed by atoms with Crippen molar-refractivity contribution in [1.82, 2.24) is 19.5 Å². The molecule has 0 aromatic carbocycles. The smallest absolute Gasteiger partial charge is 0.275 e. The van der Waals surface area contributed by atoms with Gasteiger partial charge in [-0.1, -0.05) is 11.3 Å². The molecule has 0 saturated carbocycles. The summed E-state index contributed by atoms with van der Waals surface area (Å²) in [7, 11) is 0. The standard InChI is InChI=1S/C13H18N4O3S/c1-8-3-12(19)17-13(14-8)21-11(15-17)6-16-4-9(2)20-10(5-16)7-18/h3,9-10,18H,4-7H2,1-2H3. The molecule has 1 fully saturated rings. The maximum Gasteiger partial charge on any atom is 0.275 e. The average molecular weight is 310 g/mol. The largest absolute Gasteiger partial charge is 0.394 e. The molecular formula is C13H18N4O3S. The lowest BCUT2D eigenvalue weighted by Crippen LogP contribution is -2.47. The zero-order chi connectivity index (χ0) is 15.0. The molecule has 2 aromatic rings. The van der Waals surface area contributed by atoms with E-state index in [2.05, 4.69) is 15.0 Å². The fraction of sp³-hybridized carbons (Fsp3) is 0.615. The monoisotopic (exact) mass is 310 g/mol. The highest BCUT2D eigenvalue weighted by Crippen LogP contribution is 2.17. The number of aliphatic hydroxyl groups excluding tert-OH is 1. The first-order valence-electron chi connectivity index (χ1n) is 6.90. The number of rotatable bonds is 3. The van der Waals surface area contributed by atoms with E-state index >= 15 is 0 Å². The van der Waals surface area contributed by atoms with Crippen molar-refractivity contribution in [3.63, 3.8) is 0 Å². The van der Waals surface area contributed by atoms with Crippen molar-refractivity contribution in [2.45, 2.75) is 32.6 Å². The normalized spacial score (nSPS) is 23.8. The average Bonchev–Trinajstić information content (AvgIpc) is 2.80. The number of hydrogen-bond acceptors (Lipinski definition) is 7. The van der Waals surface area contributed by atoms with E-state index < -0.39 is 0 Å². The maximum atomic E-state index is 11.9. The minimum atomic E-state index is -0.161. The van der Waals surface area contributed by atoms with Crippen LogP contribution in [0, 0.1) is 6.92 Å². The van der Waals surface area contributed by atoms with Crippen LogP contribution in [0.4, 0.5) is 0 Å². The van der Waals surface area contributed by atoms with Crippen LogP contribution in [0.1, 0.15) is 17.6 Å². The zero-order valence-corrected chi connectivity index (χ0v) is 12.8. The van der Waals surface area contributed by atoms with E-state index in [1.807, 2.05) is 6.92 Å². The number of ether oxygens (including phenoxy) is 1. The van der Waals surface area contributed by atoms with Gasteiger partial charge in [0.05, 0.1) is 25.4 Å². The first kappa shape index (κ1) is 14.6. The molecule has 0 aliphatic carbocycles. The minimum Gasteiger partial charge on any atom is -0.394 e. The van der Waals surface area contributed by atoms with Crippen LogP contribution >= 0.6 is 11.3 Å². The van der Waals surface area contributed by atoms with Crippen molar-refractivity contribution in [2.75, 3.05) is 19.7 Å². The molecule has 0 radical (unpaired) electrons. The number of aryl methyl sites for hydroxylation is 1. The van der Waals surface area contributed by atoms with Gasteiger partial charge in [-0.15, -0.1) is 0 Å². The molecule has 114 valence electrons. The van der Waals surface area contributed by atoms with Crippen molar-refractivity contribution >= 4 is 16.3 Å². The van der Waals surface area contributed by atoms with Crippen LogP contribution in [0.3, 0.4) is 0 Å². The van der Waals surface area contributed by atoms with E-state index in [1.54, 1.807) is 6.92 Å². The number of aliphatic hydroxyl groups is 1. The van der Waals surface area contributed by atoms with Crippen molar-refractivity contribution in [2.24, 2.45) is 0 Å². The summed E-state index contributed by atoms with van der Waals surface area (Å²) in [4.78, 5) is 19.0. The molecule has 0 spiro atoms. The summed E-state index contributed by atoms with van der Waals surface area (Å²) in [5.74, 6) is 0. The molecule has 1 aliphatic rings. The van der Waals surface area contributed by atoms with Gasteiger partial charge in [0, 0.05) is 24.8 Å². The lowest BCUT2D eigenvalue weighted by Gasteiger charge is -2.35. The van der Waals surface area contributed by atoms with E-state index in [4.69, 9.17) is 4.74 Å². The number of aromatic nitrogens is 3. The van der Waals surface area contributed by atoms with Gasteiger partial charge < -0.3 is 9.84 Å². The number of fused-ring (bicyclic) bond motifs is 1. The molecule has 2 unspecified atom stereocenters. The number of hydrogen-bond donors (Lipinski definition) is 1. The molecule has 0 amide bonds. The van der Waals surface area contributed by atoms with E-state index in [1.165, 1.54) is 21.9 Å². The highest BCUT2D eigenvalue weighted by molar-refractivity contribution is 7.16. The van der Waals surface area contributed by atoms with Gasteiger partial charge in [-0.3, -0.25) is 9.69 Å². The first-order valence-corrected chi connectivity index (χ1v) is 7.72. The van der Waals surface area contributed by atoms with Crippen molar-refractivity contribution in [3.8, 4) is 0 Å². The highest BCUT2D eigenvalue weighted by atomic mass is 32.1. The molecule has 3 rings (SSSR count). The summed E-state index contributed by atoms with van der Waals surface area (Å²) >= 11 is 1.43. The van der Waals surface area contributed by atoms with E-state index in [0.717, 1.165) is 11.6 Å². The molecule has 3 heterocycles. The third kappa shape index (κ3) is 3.13. The molecular weight excluding hydrogens is 292 g/mol. The highest BCUT2D eigenvalue weighted by Gasteiger charge is 2.25. The van der Waals surface area contributed by atoms with Gasteiger partial charge in [0.25, 0.3) is 5.56 Å². The Morgan fingerprint density at radius 3 is 3.10 bits per heavy atom. The lowest BCUT2D eigenvalue weighted by molar-refractivity contribution is -0.0973. The first-order chi connectivity index (χ1) is 10.0. The van der Waals surface area contributed by atoms with Gasteiger partial charge in [0.1, 0.15) is 5.01 Å². The van der Waals surface area contributed by atoms with Gasteiger partial charge >= 0.3 is 0 Å². The fourth-order valence-corrected chi connectivity index (χ4v) is 3.57. The van der Waals surface area contributed by atoms with Crippen LogP contribution in [-0.4, -0.2) is 56.5 Å². The third-order valence-corrected chi connectivity index (χ3v) is 4.27. The molecule has 21 heavy (non-hydrogen) atoms. The van der Waals surface area contributed by atoms with Crippen LogP contribution in [0.2, 0.25) is 0 Å². The molecule has 1 aliphatic heterocycles. The predicted octanol–water partition coefficient (Wildman–Crippen LogP) is 0.0410. The number of morpholine rings is 1. The van der Waals surface area contributed by atoms with Crippen molar-refractivity contribution in [1.29, 1.82) is 0 Å². The Bertz CT molecular complexity index is 698. The molecule has 2 aromatic heterocycles. The molecule has 7 nitrogen and oxygen atoms in total. The van der Waals surface area contributed by atoms with Gasteiger partial charge in [-0.2, -0.15) is 9.61 Å². The second-order valence-electron chi connectivity index (χ2n) is 5.37. The van der Waals surface area contributed by atoms with E-state index in [-0.39, 0.29) is 24.4 Å². The van der Waals surface area contributed by atoms with Gasteiger partial charge in [0.2, 0.25) is 4.96 Å². The molecule has 8 heteroatoms. The minimum absolute atomic E-state index is 0.0148. The third-order valence-electron chi connectivity index (χ3n) is 3.38. The van der Waals surface area contributed by atoms with Gasteiger partial charge in [0.15, 0.2) is 0 Å². The zero-order valence-electron chi connectivity index (χ0n) is 12.0. The van der Waals surface area contributed by atoms with Gasteiger partial charge in [-0.25, -0.2) is 4.98 Å². The molecule has 1 N–H and O–H groups in total. The van der Waals surface area contributed by atoms with Crippen molar-refractivity contribution < 1.29 is 9.84 Å². The van der Waals surface area contributed by atoms with Crippen LogP contribution < -0.4 is 5.56 Å². The van der Waals surface area contributed by atoms with Crippen LogP contribution in [-0.2, 0) is 11.3 Å². The van der Waals surface area contributed by atoms with Crippen molar-refractivity contribution in [3.05, 3.63) is 27.1 Å².